The van der Waals surface area contributed by atoms with E-state index in [1.54, 1.807) is 0 Å². The molecule has 1 fully saturated rings. The van der Waals surface area contributed by atoms with Crippen LogP contribution in [-0.4, -0.2) is 23.2 Å². The topological polar surface area (TPSA) is 49.3 Å². The van der Waals surface area contributed by atoms with Crippen LogP contribution in [0.4, 0.5) is 0 Å². The number of carbonyl (C=O) groups is 1. The molecule has 0 spiro atoms. The van der Waals surface area contributed by atoms with Crippen LogP contribution in [0.3, 0.4) is 0 Å². The number of hydrogen-bond acceptors (Lipinski definition) is 2. The third-order valence-corrected chi connectivity index (χ3v) is 2.62. The lowest BCUT2D eigenvalue weighted by Gasteiger charge is -2.34. The molecule has 3 nitrogen and oxygen atoms in total. The summed E-state index contributed by atoms with van der Waals surface area (Å²) in [6.07, 6.45) is 5.97. The summed E-state index contributed by atoms with van der Waals surface area (Å²) < 4.78 is 0. The maximum atomic E-state index is 10.3. The Kier molecular flexibility index (Phi) is 5.33. The molecule has 0 radical (unpaired) electrons. The van der Waals surface area contributed by atoms with E-state index in [-0.39, 0.29) is 24.5 Å². The van der Waals surface area contributed by atoms with Crippen molar-refractivity contribution in [1.82, 2.24) is 5.32 Å². The molecule has 1 aliphatic rings. The van der Waals surface area contributed by atoms with Gasteiger partial charge in [0.25, 0.3) is 0 Å². The van der Waals surface area contributed by atoms with Crippen LogP contribution in [-0.2, 0) is 4.79 Å². The van der Waals surface area contributed by atoms with E-state index in [2.05, 4.69) is 12.2 Å². The standard InChI is InChI=1S/C9H17NO2.ClH/c1-9(10-7-8(11)12)5-3-2-4-6-9;/h10H,2-7H2,1H3,(H,11,12);1H. The van der Waals surface area contributed by atoms with Crippen molar-refractivity contribution in [2.75, 3.05) is 6.54 Å². The number of rotatable bonds is 3. The van der Waals surface area contributed by atoms with Crippen molar-refractivity contribution < 1.29 is 9.90 Å². The summed E-state index contributed by atoms with van der Waals surface area (Å²) in [5, 5.41) is 11.6. The zero-order valence-corrected chi connectivity index (χ0v) is 8.82. The van der Waals surface area contributed by atoms with Crippen LogP contribution in [0.25, 0.3) is 0 Å². The molecule has 13 heavy (non-hydrogen) atoms. The Morgan fingerprint density at radius 3 is 2.38 bits per heavy atom. The predicted molar refractivity (Wildman–Crippen MR) is 54.4 cm³/mol. The zero-order valence-electron chi connectivity index (χ0n) is 8.01. The third kappa shape index (κ3) is 4.48. The van der Waals surface area contributed by atoms with Gasteiger partial charge in [-0.05, 0) is 19.8 Å². The summed E-state index contributed by atoms with van der Waals surface area (Å²) in [5.74, 6) is -0.762. The van der Waals surface area contributed by atoms with Gasteiger partial charge >= 0.3 is 5.97 Å². The molecule has 1 rings (SSSR count). The van der Waals surface area contributed by atoms with Gasteiger partial charge in [-0.25, -0.2) is 0 Å². The van der Waals surface area contributed by atoms with E-state index in [4.69, 9.17) is 5.11 Å². The van der Waals surface area contributed by atoms with Crippen LogP contribution in [0.2, 0.25) is 0 Å². The van der Waals surface area contributed by atoms with Gasteiger partial charge in [0.15, 0.2) is 0 Å². The molecular weight excluding hydrogens is 190 g/mol. The van der Waals surface area contributed by atoms with Gasteiger partial charge in [0, 0.05) is 5.54 Å². The summed E-state index contributed by atoms with van der Waals surface area (Å²) in [7, 11) is 0. The van der Waals surface area contributed by atoms with E-state index < -0.39 is 5.97 Å². The molecule has 0 aromatic rings. The molecule has 0 unspecified atom stereocenters. The summed E-state index contributed by atoms with van der Waals surface area (Å²) in [5.41, 5.74) is 0.0800. The molecule has 0 atom stereocenters. The first-order valence-electron chi connectivity index (χ1n) is 4.59. The minimum Gasteiger partial charge on any atom is -0.480 e. The fourth-order valence-corrected chi connectivity index (χ4v) is 1.80. The summed E-state index contributed by atoms with van der Waals surface area (Å²) in [6, 6.07) is 0. The van der Waals surface area contributed by atoms with Gasteiger partial charge in [-0.15, -0.1) is 12.4 Å². The van der Waals surface area contributed by atoms with E-state index >= 15 is 0 Å². The number of carboxylic acid groups (broad SMARTS) is 1. The molecule has 0 aromatic carbocycles. The predicted octanol–water partition coefficient (Wildman–Crippen LogP) is 1.81. The summed E-state index contributed by atoms with van der Waals surface area (Å²) in [4.78, 5) is 10.3. The molecule has 0 aromatic heterocycles. The molecule has 0 aliphatic heterocycles. The normalized spacial score (nSPS) is 20.4. The van der Waals surface area contributed by atoms with Crippen molar-refractivity contribution in [3.8, 4) is 0 Å². The number of halogens is 1. The van der Waals surface area contributed by atoms with Crippen LogP contribution >= 0.6 is 12.4 Å². The van der Waals surface area contributed by atoms with Crippen molar-refractivity contribution in [2.24, 2.45) is 0 Å². The molecule has 1 saturated carbocycles. The molecule has 4 heteroatoms. The number of aliphatic carboxylic acids is 1. The summed E-state index contributed by atoms with van der Waals surface area (Å²) >= 11 is 0. The Labute approximate surface area is 85.3 Å². The van der Waals surface area contributed by atoms with Crippen LogP contribution in [0.15, 0.2) is 0 Å². The van der Waals surface area contributed by atoms with E-state index in [1.165, 1.54) is 19.3 Å². The second-order valence-corrected chi connectivity index (χ2v) is 3.87. The van der Waals surface area contributed by atoms with Crippen molar-refractivity contribution in [3.63, 3.8) is 0 Å². The van der Waals surface area contributed by atoms with Gasteiger partial charge in [0.05, 0.1) is 6.54 Å². The second-order valence-electron chi connectivity index (χ2n) is 3.87. The van der Waals surface area contributed by atoms with Gasteiger partial charge in [-0.3, -0.25) is 4.79 Å². The molecular formula is C9H18ClNO2. The average molecular weight is 208 g/mol. The maximum Gasteiger partial charge on any atom is 0.317 e. The van der Waals surface area contributed by atoms with E-state index in [1.807, 2.05) is 0 Å². The molecule has 0 saturated heterocycles. The first-order valence-corrected chi connectivity index (χ1v) is 4.59. The van der Waals surface area contributed by atoms with Crippen LogP contribution in [0, 0.1) is 0 Å². The monoisotopic (exact) mass is 207 g/mol. The minimum atomic E-state index is -0.762. The Hall–Kier alpha value is -0.280. The lowest BCUT2D eigenvalue weighted by molar-refractivity contribution is -0.136. The van der Waals surface area contributed by atoms with E-state index in [0.717, 1.165) is 12.8 Å². The first-order chi connectivity index (χ1) is 5.62. The highest BCUT2D eigenvalue weighted by atomic mass is 35.5. The van der Waals surface area contributed by atoms with Gasteiger partial charge in [-0.2, -0.15) is 0 Å². The van der Waals surface area contributed by atoms with E-state index in [0.29, 0.717) is 0 Å². The SMILES string of the molecule is CC1(NCC(=O)O)CCCCC1.Cl. The molecule has 0 amide bonds. The number of carboxylic acids is 1. The van der Waals surface area contributed by atoms with Crippen molar-refractivity contribution in [2.45, 2.75) is 44.6 Å². The highest BCUT2D eigenvalue weighted by Gasteiger charge is 2.26. The average Bonchev–Trinajstić information content (AvgIpc) is 2.03. The highest BCUT2D eigenvalue weighted by molar-refractivity contribution is 5.85. The quantitative estimate of drug-likeness (QED) is 0.742. The highest BCUT2D eigenvalue weighted by Crippen LogP contribution is 2.27. The maximum absolute atomic E-state index is 10.3. The third-order valence-electron chi connectivity index (χ3n) is 2.62. The molecule has 78 valence electrons. The van der Waals surface area contributed by atoms with Gasteiger partial charge in [0.2, 0.25) is 0 Å². The fourth-order valence-electron chi connectivity index (χ4n) is 1.80. The lowest BCUT2D eigenvalue weighted by Crippen LogP contribution is -2.46. The molecule has 0 heterocycles. The fraction of sp³-hybridized carbons (Fsp3) is 0.889. The van der Waals surface area contributed by atoms with E-state index in [9.17, 15) is 4.79 Å². The van der Waals surface area contributed by atoms with Crippen molar-refractivity contribution >= 4 is 18.4 Å². The molecule has 1 aliphatic carbocycles. The van der Waals surface area contributed by atoms with Gasteiger partial charge < -0.3 is 10.4 Å². The van der Waals surface area contributed by atoms with Crippen LogP contribution < -0.4 is 5.32 Å². The van der Waals surface area contributed by atoms with Crippen molar-refractivity contribution in [3.05, 3.63) is 0 Å². The van der Waals surface area contributed by atoms with Crippen LogP contribution in [0.5, 0.6) is 0 Å². The Morgan fingerprint density at radius 2 is 1.92 bits per heavy atom. The first kappa shape index (κ1) is 12.7. The van der Waals surface area contributed by atoms with Crippen molar-refractivity contribution in [1.29, 1.82) is 0 Å². The lowest BCUT2D eigenvalue weighted by atomic mass is 9.83. The second kappa shape index (κ2) is 5.45. The smallest absolute Gasteiger partial charge is 0.317 e. The molecule has 2 N–H and O–H groups in total. The van der Waals surface area contributed by atoms with Gasteiger partial charge in [0.1, 0.15) is 0 Å². The minimum absolute atomic E-state index is 0. The Morgan fingerprint density at radius 1 is 1.38 bits per heavy atom. The van der Waals surface area contributed by atoms with Crippen LogP contribution in [0.1, 0.15) is 39.0 Å². The Bertz CT molecular complexity index is 167. The summed E-state index contributed by atoms with van der Waals surface area (Å²) in [6.45, 7) is 2.21. The largest absolute Gasteiger partial charge is 0.480 e. The Balaban J connectivity index is 0.00000144. The number of hydrogen-bond donors (Lipinski definition) is 2. The molecule has 0 bridgehead atoms. The number of nitrogens with one attached hydrogen (secondary N) is 1. The van der Waals surface area contributed by atoms with Gasteiger partial charge in [-0.1, -0.05) is 19.3 Å². The zero-order chi connectivity index (χ0) is 9.03.